The van der Waals surface area contributed by atoms with Crippen LogP contribution in [0, 0.1) is 0 Å². The lowest BCUT2D eigenvalue weighted by atomic mass is 10.0. The first-order valence-corrected chi connectivity index (χ1v) is 13.5. The van der Waals surface area contributed by atoms with Crippen molar-refractivity contribution in [3.63, 3.8) is 0 Å². The van der Waals surface area contributed by atoms with E-state index in [1.165, 1.54) is 23.3 Å². The Morgan fingerprint density at radius 3 is 2.32 bits per heavy atom. The Labute approximate surface area is 240 Å². The Morgan fingerprint density at radius 1 is 0.976 bits per heavy atom. The molecule has 5 aromatic rings. The Bertz CT molecular complexity index is 1740. The molecule has 2 N–H and O–H groups in total. The van der Waals surface area contributed by atoms with Gasteiger partial charge in [-0.05, 0) is 83.5 Å². The van der Waals surface area contributed by atoms with Crippen molar-refractivity contribution < 1.29 is 17.9 Å². The van der Waals surface area contributed by atoms with Crippen LogP contribution in [0.4, 0.5) is 18.9 Å². The zero-order valence-corrected chi connectivity index (χ0v) is 23.5. The third kappa shape index (κ3) is 6.17. The van der Waals surface area contributed by atoms with Gasteiger partial charge in [-0.25, -0.2) is 0 Å². The standard InChI is InChI=1S/C31H28F3N5OS/c1-4-20-7-6-8-21(5-2)27(20)36-30(41)37-35-18-19-9-15-25-23(17-19)12-16-26-28(25)38-39(3)29(26)22-10-13-24(14-11-22)40-31(32,33)34/h6-18H,4-5H2,1-3H3,(H2,36,37,41). The Kier molecular flexibility index (Phi) is 7.94. The molecular formula is C31H28F3N5OS. The van der Waals surface area contributed by atoms with E-state index in [1.807, 2.05) is 37.4 Å². The second kappa shape index (κ2) is 11.6. The number of halogens is 3. The molecule has 0 radical (unpaired) electrons. The van der Waals surface area contributed by atoms with E-state index in [9.17, 15) is 13.2 Å². The van der Waals surface area contributed by atoms with Crippen LogP contribution < -0.4 is 15.5 Å². The first-order valence-electron chi connectivity index (χ1n) is 13.1. The second-order valence-corrected chi connectivity index (χ2v) is 9.88. The minimum Gasteiger partial charge on any atom is -0.406 e. The van der Waals surface area contributed by atoms with Gasteiger partial charge in [0.1, 0.15) is 11.3 Å². The van der Waals surface area contributed by atoms with Gasteiger partial charge in [0.2, 0.25) is 0 Å². The van der Waals surface area contributed by atoms with Crippen LogP contribution in [0.2, 0.25) is 0 Å². The number of aromatic nitrogens is 2. The van der Waals surface area contributed by atoms with Gasteiger partial charge < -0.3 is 10.1 Å². The summed E-state index contributed by atoms with van der Waals surface area (Å²) in [6, 6.07) is 21.9. The molecule has 0 aliphatic rings. The summed E-state index contributed by atoms with van der Waals surface area (Å²) in [6.07, 6.45) is -1.24. The molecule has 41 heavy (non-hydrogen) atoms. The summed E-state index contributed by atoms with van der Waals surface area (Å²) < 4.78 is 43.4. The van der Waals surface area contributed by atoms with E-state index in [1.54, 1.807) is 23.0 Å². The van der Waals surface area contributed by atoms with Gasteiger partial charge >= 0.3 is 6.36 Å². The zero-order chi connectivity index (χ0) is 29.1. The van der Waals surface area contributed by atoms with Crippen molar-refractivity contribution in [3.8, 4) is 17.0 Å². The van der Waals surface area contributed by atoms with Crippen LogP contribution in [-0.4, -0.2) is 27.5 Å². The molecule has 1 aromatic heterocycles. The molecule has 5 rings (SSSR count). The highest BCUT2D eigenvalue weighted by molar-refractivity contribution is 7.80. The monoisotopic (exact) mass is 575 g/mol. The van der Waals surface area contributed by atoms with Crippen molar-refractivity contribution in [1.82, 2.24) is 15.2 Å². The van der Waals surface area contributed by atoms with Gasteiger partial charge in [-0.3, -0.25) is 10.1 Å². The van der Waals surface area contributed by atoms with Crippen LogP contribution >= 0.6 is 12.2 Å². The molecular weight excluding hydrogens is 547 g/mol. The second-order valence-electron chi connectivity index (χ2n) is 9.47. The molecule has 210 valence electrons. The third-order valence-electron chi connectivity index (χ3n) is 6.82. The number of para-hydroxylation sites is 1. The molecule has 0 saturated carbocycles. The van der Waals surface area contributed by atoms with Crippen molar-refractivity contribution in [2.45, 2.75) is 33.1 Å². The number of fused-ring (bicyclic) bond motifs is 3. The summed E-state index contributed by atoms with van der Waals surface area (Å²) in [4.78, 5) is 0. The van der Waals surface area contributed by atoms with Crippen LogP contribution in [0.5, 0.6) is 5.75 Å². The highest BCUT2D eigenvalue weighted by Gasteiger charge is 2.31. The van der Waals surface area contributed by atoms with Gasteiger partial charge in [0.15, 0.2) is 5.11 Å². The largest absolute Gasteiger partial charge is 0.573 e. The number of hydrogen-bond donors (Lipinski definition) is 2. The lowest BCUT2D eigenvalue weighted by Gasteiger charge is -2.15. The van der Waals surface area contributed by atoms with Crippen molar-refractivity contribution in [1.29, 1.82) is 0 Å². The molecule has 0 aliphatic carbocycles. The zero-order valence-electron chi connectivity index (χ0n) is 22.7. The quantitative estimate of drug-likeness (QED) is 0.118. The van der Waals surface area contributed by atoms with Crippen LogP contribution in [0.15, 0.2) is 77.9 Å². The van der Waals surface area contributed by atoms with Crippen LogP contribution in [0.3, 0.4) is 0 Å². The maximum atomic E-state index is 12.5. The van der Waals surface area contributed by atoms with E-state index in [0.717, 1.165) is 57.0 Å². The SMILES string of the molecule is CCc1cccc(CC)c1NC(=S)NN=Cc1ccc2c(ccc3c(-c4ccc(OC(F)(F)F)cc4)n(C)nc32)c1. The van der Waals surface area contributed by atoms with Gasteiger partial charge in [0, 0.05) is 29.1 Å². The number of hydrazone groups is 1. The summed E-state index contributed by atoms with van der Waals surface area (Å²) >= 11 is 5.48. The number of ether oxygens (including phenoxy) is 1. The van der Waals surface area contributed by atoms with E-state index in [4.69, 9.17) is 17.3 Å². The van der Waals surface area contributed by atoms with Crippen LogP contribution in [0.25, 0.3) is 32.9 Å². The molecule has 0 atom stereocenters. The molecule has 0 unspecified atom stereocenters. The Balaban J connectivity index is 1.34. The number of nitrogens with zero attached hydrogens (tertiary/aromatic N) is 3. The predicted molar refractivity (Wildman–Crippen MR) is 162 cm³/mol. The summed E-state index contributed by atoms with van der Waals surface area (Å²) in [7, 11) is 1.81. The van der Waals surface area contributed by atoms with Crippen molar-refractivity contribution >= 4 is 50.9 Å². The predicted octanol–water partition coefficient (Wildman–Crippen LogP) is 7.74. The van der Waals surface area contributed by atoms with Gasteiger partial charge in [-0.15, -0.1) is 13.2 Å². The highest BCUT2D eigenvalue weighted by atomic mass is 32.1. The van der Waals surface area contributed by atoms with E-state index >= 15 is 0 Å². The number of aryl methyl sites for hydroxylation is 3. The molecule has 0 spiro atoms. The van der Waals surface area contributed by atoms with E-state index < -0.39 is 6.36 Å². The number of hydrogen-bond acceptors (Lipinski definition) is 4. The minimum absolute atomic E-state index is 0.269. The third-order valence-corrected chi connectivity index (χ3v) is 7.02. The van der Waals surface area contributed by atoms with E-state index in [0.29, 0.717) is 5.11 Å². The fraction of sp³-hybridized carbons (Fsp3) is 0.194. The molecule has 0 amide bonds. The Hall–Kier alpha value is -4.44. The number of benzene rings is 4. The molecule has 0 fully saturated rings. The first-order chi connectivity index (χ1) is 19.7. The molecule has 10 heteroatoms. The van der Waals surface area contributed by atoms with Gasteiger partial charge in [-0.2, -0.15) is 10.2 Å². The summed E-state index contributed by atoms with van der Waals surface area (Å²) in [5, 5.41) is 15.6. The lowest BCUT2D eigenvalue weighted by molar-refractivity contribution is -0.274. The minimum atomic E-state index is -4.73. The number of alkyl halides is 3. The van der Waals surface area contributed by atoms with Gasteiger partial charge in [0.05, 0.1) is 11.9 Å². The van der Waals surface area contributed by atoms with Gasteiger partial charge in [-0.1, -0.05) is 50.2 Å². The molecule has 6 nitrogen and oxygen atoms in total. The first kappa shape index (κ1) is 28.1. The van der Waals surface area contributed by atoms with Gasteiger partial charge in [0.25, 0.3) is 0 Å². The fourth-order valence-electron chi connectivity index (χ4n) is 4.95. The molecule has 0 bridgehead atoms. The maximum Gasteiger partial charge on any atom is 0.573 e. The average Bonchev–Trinajstić information content (AvgIpc) is 3.28. The Morgan fingerprint density at radius 2 is 1.66 bits per heavy atom. The summed E-state index contributed by atoms with van der Waals surface area (Å²) in [6.45, 7) is 4.23. The lowest BCUT2D eigenvalue weighted by Crippen LogP contribution is -2.25. The molecule has 0 aliphatic heterocycles. The van der Waals surface area contributed by atoms with Crippen LogP contribution in [0.1, 0.15) is 30.5 Å². The molecule has 1 heterocycles. The average molecular weight is 576 g/mol. The molecule has 0 saturated heterocycles. The van der Waals surface area contributed by atoms with E-state index in [2.05, 4.69) is 52.6 Å². The van der Waals surface area contributed by atoms with Crippen molar-refractivity contribution in [3.05, 3.63) is 89.5 Å². The van der Waals surface area contributed by atoms with E-state index in [-0.39, 0.29) is 5.75 Å². The van der Waals surface area contributed by atoms with Crippen molar-refractivity contribution in [2.75, 3.05) is 5.32 Å². The number of anilines is 1. The normalized spacial score (nSPS) is 11.9. The summed E-state index contributed by atoms with van der Waals surface area (Å²) in [5.74, 6) is -0.269. The maximum absolute atomic E-state index is 12.5. The fourth-order valence-corrected chi connectivity index (χ4v) is 5.11. The number of nitrogens with one attached hydrogen (secondary N) is 2. The highest BCUT2D eigenvalue weighted by Crippen LogP contribution is 2.34. The topological polar surface area (TPSA) is 63.5 Å². The number of rotatable bonds is 7. The smallest absolute Gasteiger partial charge is 0.406 e. The van der Waals surface area contributed by atoms with Crippen molar-refractivity contribution in [2.24, 2.45) is 12.1 Å². The summed E-state index contributed by atoms with van der Waals surface area (Å²) in [5.41, 5.74) is 9.54. The van der Waals surface area contributed by atoms with Crippen LogP contribution in [-0.2, 0) is 19.9 Å². The molecule has 4 aromatic carbocycles. The number of thiocarbonyl (C=S) groups is 1.